The Hall–Kier alpha value is -1.56. The Morgan fingerprint density at radius 2 is 1.76 bits per heavy atom. The summed E-state index contributed by atoms with van der Waals surface area (Å²) >= 11 is 2.20. The minimum Gasteiger partial charge on any atom is -0.490 e. The van der Waals surface area contributed by atoms with Gasteiger partial charge in [-0.05, 0) is 58.0 Å². The van der Waals surface area contributed by atoms with Crippen LogP contribution in [0, 0.1) is 3.57 Å². The van der Waals surface area contributed by atoms with Crippen LogP contribution in [-0.4, -0.2) is 20.3 Å². The van der Waals surface area contributed by atoms with Gasteiger partial charge in [0, 0.05) is 12.7 Å². The predicted octanol–water partition coefficient (Wildman–Crippen LogP) is 4.85. The Morgan fingerprint density at radius 1 is 1.10 bits per heavy atom. The lowest BCUT2D eigenvalue weighted by Crippen LogP contribution is -2.00. The van der Waals surface area contributed by atoms with Crippen LogP contribution in [0.25, 0.3) is 12.2 Å². The maximum absolute atomic E-state index is 12.1. The molecule has 0 saturated carbocycles. The van der Waals surface area contributed by atoms with Gasteiger partial charge in [-0.15, -0.1) is 0 Å². The molecule has 21 heavy (non-hydrogen) atoms. The summed E-state index contributed by atoms with van der Waals surface area (Å²) in [5.74, 6) is 0.726. The topological polar surface area (TPSA) is 21.3 Å². The van der Waals surface area contributed by atoms with Gasteiger partial charge in [-0.3, -0.25) is 0 Å². The molecule has 0 bridgehead atoms. The van der Waals surface area contributed by atoms with Gasteiger partial charge in [0.05, 0.1) is 3.57 Å². The fourth-order valence-corrected chi connectivity index (χ4v) is 2.53. The van der Waals surface area contributed by atoms with Crippen LogP contribution in [0.3, 0.4) is 0 Å². The molecule has 2 aromatic rings. The number of ether oxygens (including phenoxy) is 1. The van der Waals surface area contributed by atoms with Crippen LogP contribution in [0.1, 0.15) is 11.1 Å². The zero-order valence-electron chi connectivity index (χ0n) is 11.8. The van der Waals surface area contributed by atoms with Crippen LogP contribution in [0.5, 0.6) is 5.75 Å². The number of anilines is 1. The second kappa shape index (κ2) is 8.02. The molecule has 0 unspecified atom stereocenters. The molecular weight excluding hydrogens is 380 g/mol. The van der Waals surface area contributed by atoms with E-state index in [1.165, 1.54) is 0 Å². The van der Waals surface area contributed by atoms with E-state index in [0.29, 0.717) is 0 Å². The van der Waals surface area contributed by atoms with Gasteiger partial charge >= 0.3 is 0 Å². The van der Waals surface area contributed by atoms with Crippen molar-refractivity contribution >= 4 is 40.4 Å². The van der Waals surface area contributed by atoms with Crippen molar-refractivity contribution in [2.45, 2.75) is 0 Å². The number of hydrogen-bond acceptors (Lipinski definition) is 2. The zero-order chi connectivity index (χ0) is 15.1. The molecule has 4 heteroatoms. The Bertz CT molecular complexity index is 611. The van der Waals surface area contributed by atoms with Gasteiger partial charge in [0.25, 0.3) is 0 Å². The highest BCUT2D eigenvalue weighted by molar-refractivity contribution is 14.1. The van der Waals surface area contributed by atoms with Crippen molar-refractivity contribution in [3.05, 3.63) is 57.2 Å². The number of benzene rings is 2. The first-order valence-corrected chi connectivity index (χ1v) is 7.75. The molecule has 0 aliphatic rings. The Morgan fingerprint density at radius 3 is 2.38 bits per heavy atom. The number of nitrogens with one attached hydrogen (secondary N) is 1. The first-order valence-electron chi connectivity index (χ1n) is 6.67. The summed E-state index contributed by atoms with van der Waals surface area (Å²) in [5.41, 5.74) is 3.32. The van der Waals surface area contributed by atoms with E-state index < -0.39 is 6.67 Å². The van der Waals surface area contributed by atoms with Gasteiger partial charge in [-0.25, -0.2) is 4.39 Å². The molecule has 2 rings (SSSR count). The molecule has 0 spiro atoms. The van der Waals surface area contributed by atoms with Crippen molar-refractivity contribution in [3.63, 3.8) is 0 Å². The minimum atomic E-state index is -0.472. The summed E-state index contributed by atoms with van der Waals surface area (Å²) in [5, 5.41) is 3.09. The lowest BCUT2D eigenvalue weighted by atomic mass is 10.1. The van der Waals surface area contributed by atoms with Crippen molar-refractivity contribution < 1.29 is 9.13 Å². The second-order valence-electron chi connectivity index (χ2n) is 4.43. The minimum absolute atomic E-state index is 0.100. The molecule has 110 valence electrons. The fraction of sp³-hybridized carbons (Fsp3) is 0.176. The van der Waals surface area contributed by atoms with Crippen molar-refractivity contribution in [3.8, 4) is 5.75 Å². The van der Waals surface area contributed by atoms with E-state index in [4.69, 9.17) is 4.74 Å². The molecule has 0 fully saturated rings. The summed E-state index contributed by atoms with van der Waals surface area (Å²) in [6, 6.07) is 14.1. The SMILES string of the molecule is CNc1ccc(C=Cc2ccc(OCCF)c(I)c2)cc1. The maximum Gasteiger partial charge on any atom is 0.132 e. The van der Waals surface area contributed by atoms with E-state index in [0.717, 1.165) is 26.1 Å². The number of alkyl halides is 1. The molecule has 0 aromatic heterocycles. The van der Waals surface area contributed by atoms with E-state index in [2.05, 4.69) is 52.2 Å². The molecule has 1 N–H and O–H groups in total. The van der Waals surface area contributed by atoms with E-state index in [1.807, 2.05) is 37.4 Å². The molecule has 2 aromatic carbocycles. The number of rotatable bonds is 6. The van der Waals surface area contributed by atoms with E-state index in [1.54, 1.807) is 0 Å². The molecule has 0 aliphatic heterocycles. The van der Waals surface area contributed by atoms with E-state index in [-0.39, 0.29) is 6.61 Å². The average Bonchev–Trinajstić information content (AvgIpc) is 2.52. The first kappa shape index (κ1) is 15.8. The summed E-state index contributed by atoms with van der Waals surface area (Å²) in [6.45, 7) is -0.372. The number of hydrogen-bond donors (Lipinski definition) is 1. The Kier molecular flexibility index (Phi) is 6.04. The predicted molar refractivity (Wildman–Crippen MR) is 95.5 cm³/mol. The molecule has 2 nitrogen and oxygen atoms in total. The maximum atomic E-state index is 12.1. The summed E-state index contributed by atoms with van der Waals surface area (Å²) < 4.78 is 18.4. The highest BCUT2D eigenvalue weighted by Gasteiger charge is 2.01. The summed E-state index contributed by atoms with van der Waals surface area (Å²) in [4.78, 5) is 0. The average molecular weight is 397 g/mol. The molecule has 0 amide bonds. The monoisotopic (exact) mass is 397 g/mol. The fourth-order valence-electron chi connectivity index (χ4n) is 1.84. The van der Waals surface area contributed by atoms with Gasteiger partial charge < -0.3 is 10.1 Å². The second-order valence-corrected chi connectivity index (χ2v) is 5.59. The van der Waals surface area contributed by atoms with Crippen molar-refractivity contribution in [1.29, 1.82) is 0 Å². The molecule has 0 radical (unpaired) electrons. The van der Waals surface area contributed by atoms with E-state index >= 15 is 0 Å². The first-order chi connectivity index (χ1) is 10.2. The van der Waals surface area contributed by atoms with Crippen LogP contribution in [-0.2, 0) is 0 Å². The molecule has 0 aliphatic carbocycles. The summed E-state index contributed by atoms with van der Waals surface area (Å²) in [7, 11) is 1.90. The van der Waals surface area contributed by atoms with Crippen LogP contribution in [0.2, 0.25) is 0 Å². The van der Waals surface area contributed by atoms with Gasteiger partial charge in [-0.2, -0.15) is 0 Å². The third kappa shape index (κ3) is 4.74. The van der Waals surface area contributed by atoms with Crippen LogP contribution < -0.4 is 10.1 Å². The van der Waals surface area contributed by atoms with Crippen molar-refractivity contribution in [2.75, 3.05) is 25.6 Å². The highest BCUT2D eigenvalue weighted by Crippen LogP contribution is 2.23. The zero-order valence-corrected chi connectivity index (χ0v) is 13.9. The standard InChI is InChI=1S/C17H17FINO/c1-20-15-7-4-13(5-8-15)2-3-14-6-9-17(16(19)12-14)21-11-10-18/h2-9,12,20H,10-11H2,1H3. The molecule has 0 saturated heterocycles. The van der Waals surface area contributed by atoms with E-state index in [9.17, 15) is 4.39 Å². The largest absolute Gasteiger partial charge is 0.490 e. The normalized spacial score (nSPS) is 10.8. The highest BCUT2D eigenvalue weighted by atomic mass is 127. The van der Waals surface area contributed by atoms with Gasteiger partial charge in [0.15, 0.2) is 0 Å². The Labute approximate surface area is 138 Å². The van der Waals surface area contributed by atoms with Crippen LogP contribution in [0.15, 0.2) is 42.5 Å². The van der Waals surface area contributed by atoms with Gasteiger partial charge in [-0.1, -0.05) is 30.4 Å². The van der Waals surface area contributed by atoms with Crippen LogP contribution in [0.4, 0.5) is 10.1 Å². The lowest BCUT2D eigenvalue weighted by molar-refractivity contribution is 0.271. The number of halogens is 2. The Balaban J connectivity index is 2.07. The van der Waals surface area contributed by atoms with Gasteiger partial charge in [0.2, 0.25) is 0 Å². The third-order valence-corrected chi connectivity index (χ3v) is 3.80. The van der Waals surface area contributed by atoms with Crippen LogP contribution >= 0.6 is 22.6 Å². The molecule has 0 heterocycles. The summed E-state index contributed by atoms with van der Waals surface area (Å²) in [6.07, 6.45) is 4.11. The molecule has 0 atom stereocenters. The smallest absolute Gasteiger partial charge is 0.132 e. The quantitative estimate of drug-likeness (QED) is 0.556. The van der Waals surface area contributed by atoms with Crippen molar-refractivity contribution in [1.82, 2.24) is 0 Å². The molecular formula is C17H17FINO. The third-order valence-electron chi connectivity index (χ3n) is 2.96. The lowest BCUT2D eigenvalue weighted by Gasteiger charge is -2.06. The van der Waals surface area contributed by atoms with Gasteiger partial charge in [0.1, 0.15) is 19.0 Å². The van der Waals surface area contributed by atoms with Crippen molar-refractivity contribution in [2.24, 2.45) is 0 Å².